The first-order valence-corrected chi connectivity index (χ1v) is 8.56. The number of halogens is 1. The minimum absolute atomic E-state index is 0.0356. The first kappa shape index (κ1) is 16.9. The fraction of sp³-hybridized carbons (Fsp3) is 0.111. The first-order chi connectivity index (χ1) is 12.0. The second kappa shape index (κ2) is 6.87. The van der Waals surface area contributed by atoms with Gasteiger partial charge in [-0.2, -0.15) is 9.65 Å². The standard InChI is InChI=1S/C18H13FN4OS/c1-10-5-12(11-3-4-15(19)21-9-11)7-13(6-10)16-14(8-20)17(24)23-18(22-16)25-2/h3-7,9H,1-2H3,(H,22,23,24). The molecule has 0 saturated heterocycles. The van der Waals surface area contributed by atoms with Crippen LogP contribution in [0.15, 0.2) is 46.5 Å². The van der Waals surface area contributed by atoms with Crippen LogP contribution in [0.2, 0.25) is 0 Å². The maximum Gasteiger partial charge on any atom is 0.270 e. The van der Waals surface area contributed by atoms with E-state index in [0.717, 1.165) is 16.7 Å². The van der Waals surface area contributed by atoms with Crippen molar-refractivity contribution in [1.82, 2.24) is 15.0 Å². The topological polar surface area (TPSA) is 82.4 Å². The summed E-state index contributed by atoms with van der Waals surface area (Å²) in [5, 5.41) is 9.78. The smallest absolute Gasteiger partial charge is 0.270 e. The highest BCUT2D eigenvalue weighted by Crippen LogP contribution is 2.28. The van der Waals surface area contributed by atoms with Crippen molar-refractivity contribution in [2.45, 2.75) is 12.1 Å². The number of rotatable bonds is 3. The lowest BCUT2D eigenvalue weighted by Crippen LogP contribution is -2.14. The van der Waals surface area contributed by atoms with E-state index in [1.165, 1.54) is 24.0 Å². The molecule has 0 aliphatic rings. The molecule has 1 aromatic carbocycles. The minimum Gasteiger partial charge on any atom is -0.300 e. The van der Waals surface area contributed by atoms with Crippen molar-refractivity contribution >= 4 is 11.8 Å². The Morgan fingerprint density at radius 3 is 2.60 bits per heavy atom. The van der Waals surface area contributed by atoms with Crippen molar-refractivity contribution in [1.29, 1.82) is 5.26 Å². The largest absolute Gasteiger partial charge is 0.300 e. The van der Waals surface area contributed by atoms with Crippen LogP contribution in [0.4, 0.5) is 4.39 Å². The number of nitriles is 1. The van der Waals surface area contributed by atoms with Gasteiger partial charge in [0, 0.05) is 17.3 Å². The molecule has 0 radical (unpaired) electrons. The van der Waals surface area contributed by atoms with E-state index in [1.807, 2.05) is 31.2 Å². The second-order valence-electron chi connectivity index (χ2n) is 5.37. The maximum absolute atomic E-state index is 13.1. The van der Waals surface area contributed by atoms with Crippen LogP contribution in [0.3, 0.4) is 0 Å². The van der Waals surface area contributed by atoms with E-state index in [-0.39, 0.29) is 5.56 Å². The zero-order valence-corrected chi connectivity index (χ0v) is 14.3. The highest BCUT2D eigenvalue weighted by molar-refractivity contribution is 7.98. The van der Waals surface area contributed by atoms with Gasteiger partial charge in [0.2, 0.25) is 5.95 Å². The Kier molecular flexibility index (Phi) is 4.63. The van der Waals surface area contributed by atoms with Gasteiger partial charge < -0.3 is 4.98 Å². The van der Waals surface area contributed by atoms with Gasteiger partial charge in [-0.3, -0.25) is 4.79 Å². The predicted molar refractivity (Wildman–Crippen MR) is 94.7 cm³/mol. The maximum atomic E-state index is 13.1. The molecule has 2 heterocycles. The Labute approximate surface area is 147 Å². The van der Waals surface area contributed by atoms with E-state index in [0.29, 0.717) is 16.4 Å². The lowest BCUT2D eigenvalue weighted by molar-refractivity contribution is 0.584. The van der Waals surface area contributed by atoms with Gasteiger partial charge in [-0.15, -0.1) is 0 Å². The van der Waals surface area contributed by atoms with E-state index in [2.05, 4.69) is 15.0 Å². The molecule has 0 bridgehead atoms. The number of aryl methyl sites for hydroxylation is 1. The molecule has 0 atom stereocenters. The number of nitrogens with one attached hydrogen (secondary N) is 1. The van der Waals surface area contributed by atoms with Crippen molar-refractivity contribution in [2.24, 2.45) is 0 Å². The van der Waals surface area contributed by atoms with Gasteiger partial charge in [-0.25, -0.2) is 9.97 Å². The van der Waals surface area contributed by atoms with Gasteiger partial charge in [0.1, 0.15) is 11.6 Å². The molecule has 0 amide bonds. The van der Waals surface area contributed by atoms with Crippen LogP contribution in [0.5, 0.6) is 0 Å². The van der Waals surface area contributed by atoms with Crippen molar-refractivity contribution < 1.29 is 4.39 Å². The molecule has 0 spiro atoms. The summed E-state index contributed by atoms with van der Waals surface area (Å²) in [6, 6.07) is 10.4. The van der Waals surface area contributed by atoms with E-state index in [1.54, 1.807) is 12.3 Å². The zero-order chi connectivity index (χ0) is 18.0. The number of hydrogen-bond acceptors (Lipinski definition) is 5. The SMILES string of the molecule is CSc1nc(-c2cc(C)cc(-c3ccc(F)nc3)c2)c(C#N)c(=O)[nH]1. The van der Waals surface area contributed by atoms with E-state index in [9.17, 15) is 14.4 Å². The molecular weight excluding hydrogens is 339 g/mol. The molecule has 124 valence electrons. The lowest BCUT2D eigenvalue weighted by atomic mass is 9.98. The number of benzene rings is 1. The number of aromatic amines is 1. The fourth-order valence-corrected chi connectivity index (χ4v) is 2.87. The van der Waals surface area contributed by atoms with Crippen LogP contribution in [0, 0.1) is 24.2 Å². The van der Waals surface area contributed by atoms with Crippen LogP contribution < -0.4 is 5.56 Å². The molecule has 0 saturated carbocycles. The zero-order valence-electron chi connectivity index (χ0n) is 13.5. The Balaban J connectivity index is 2.22. The molecule has 0 aliphatic carbocycles. The number of pyridine rings is 1. The predicted octanol–water partition coefficient (Wildman–Crippen LogP) is 3.54. The Bertz CT molecular complexity index is 1040. The van der Waals surface area contributed by atoms with Crippen molar-refractivity contribution in [3.05, 3.63) is 64.0 Å². The first-order valence-electron chi connectivity index (χ1n) is 7.34. The molecule has 5 nitrogen and oxygen atoms in total. The van der Waals surface area contributed by atoms with Gasteiger partial charge in [-0.05, 0) is 48.6 Å². The van der Waals surface area contributed by atoms with E-state index in [4.69, 9.17) is 0 Å². The fourth-order valence-electron chi connectivity index (χ4n) is 2.49. The average molecular weight is 352 g/mol. The van der Waals surface area contributed by atoms with Crippen LogP contribution >= 0.6 is 11.8 Å². The minimum atomic E-state index is -0.552. The average Bonchev–Trinajstić information content (AvgIpc) is 2.61. The number of nitrogens with zero attached hydrogens (tertiary/aromatic N) is 3. The summed E-state index contributed by atoms with van der Waals surface area (Å²) in [5.41, 5.74) is 2.94. The van der Waals surface area contributed by atoms with Gasteiger partial charge in [-0.1, -0.05) is 17.8 Å². The summed E-state index contributed by atoms with van der Waals surface area (Å²) >= 11 is 1.29. The molecule has 3 aromatic rings. The third-order valence-electron chi connectivity index (χ3n) is 3.61. The number of hydrogen-bond donors (Lipinski definition) is 1. The van der Waals surface area contributed by atoms with Crippen LogP contribution in [0.25, 0.3) is 22.4 Å². The van der Waals surface area contributed by atoms with Gasteiger partial charge in [0.15, 0.2) is 5.16 Å². The molecule has 2 aromatic heterocycles. The molecule has 0 fully saturated rings. The monoisotopic (exact) mass is 352 g/mol. The van der Waals surface area contributed by atoms with E-state index >= 15 is 0 Å². The normalized spacial score (nSPS) is 10.5. The molecule has 1 N–H and O–H groups in total. The number of H-pyrrole nitrogens is 1. The van der Waals surface area contributed by atoms with Crippen molar-refractivity contribution in [3.63, 3.8) is 0 Å². The van der Waals surface area contributed by atoms with Gasteiger partial charge >= 0.3 is 0 Å². The molecule has 25 heavy (non-hydrogen) atoms. The molecule has 0 unspecified atom stereocenters. The Hall–Kier alpha value is -2.98. The van der Waals surface area contributed by atoms with Gasteiger partial charge in [0.25, 0.3) is 5.56 Å². The Morgan fingerprint density at radius 2 is 1.96 bits per heavy atom. The highest BCUT2D eigenvalue weighted by atomic mass is 32.2. The lowest BCUT2D eigenvalue weighted by Gasteiger charge is -2.09. The number of thioether (sulfide) groups is 1. The summed E-state index contributed by atoms with van der Waals surface area (Å²) < 4.78 is 13.1. The summed E-state index contributed by atoms with van der Waals surface area (Å²) in [7, 11) is 0. The third kappa shape index (κ3) is 3.44. The van der Waals surface area contributed by atoms with Crippen molar-refractivity contribution in [2.75, 3.05) is 6.26 Å². The summed E-state index contributed by atoms with van der Waals surface area (Å²) in [4.78, 5) is 22.8. The highest BCUT2D eigenvalue weighted by Gasteiger charge is 2.14. The molecule has 0 aliphatic heterocycles. The molecule has 7 heteroatoms. The molecule has 3 rings (SSSR count). The van der Waals surface area contributed by atoms with E-state index < -0.39 is 11.5 Å². The second-order valence-corrected chi connectivity index (χ2v) is 6.16. The van der Waals surface area contributed by atoms with Crippen LogP contribution in [-0.2, 0) is 0 Å². The van der Waals surface area contributed by atoms with Crippen molar-refractivity contribution in [3.8, 4) is 28.5 Å². The Morgan fingerprint density at radius 1 is 1.20 bits per heavy atom. The summed E-state index contributed by atoms with van der Waals surface area (Å²) in [5.74, 6) is -0.552. The molecular formula is C18H13FN4OS. The van der Waals surface area contributed by atoms with Crippen LogP contribution in [0.1, 0.15) is 11.1 Å². The van der Waals surface area contributed by atoms with Gasteiger partial charge in [0.05, 0.1) is 5.69 Å². The number of aromatic nitrogens is 3. The van der Waals surface area contributed by atoms with Crippen LogP contribution in [-0.4, -0.2) is 21.2 Å². The third-order valence-corrected chi connectivity index (χ3v) is 4.19. The quantitative estimate of drug-likeness (QED) is 0.443. The summed E-state index contributed by atoms with van der Waals surface area (Å²) in [6.45, 7) is 1.90. The summed E-state index contributed by atoms with van der Waals surface area (Å²) in [6.07, 6.45) is 3.23.